The monoisotopic (exact) mass is 609 g/mol. The van der Waals surface area contributed by atoms with E-state index in [4.69, 9.17) is 10.5 Å². The Kier molecular flexibility index (Phi) is 7.92. The number of nitrogens with zero attached hydrogens (tertiary/aromatic N) is 6. The zero-order valence-electron chi connectivity index (χ0n) is 24.8. The van der Waals surface area contributed by atoms with Crippen LogP contribution < -0.4 is 21.1 Å². The van der Waals surface area contributed by atoms with Crippen molar-refractivity contribution in [1.29, 1.82) is 0 Å². The van der Waals surface area contributed by atoms with E-state index in [-0.39, 0.29) is 47.0 Å². The minimum Gasteiger partial charge on any atom is -0.633 e. The number of hydroxylamine groups is 3. The third-order valence-corrected chi connectivity index (χ3v) is 7.89. The number of rotatable bonds is 10. The maximum atomic E-state index is 14.0. The lowest BCUT2D eigenvalue weighted by Crippen LogP contribution is -2.40. The normalized spacial score (nSPS) is 14.5. The van der Waals surface area contributed by atoms with Gasteiger partial charge in [0.2, 0.25) is 0 Å². The highest BCUT2D eigenvalue weighted by molar-refractivity contribution is 6.01. The van der Waals surface area contributed by atoms with Gasteiger partial charge in [-0.1, -0.05) is 18.2 Å². The van der Waals surface area contributed by atoms with Crippen molar-refractivity contribution < 1.29 is 18.6 Å². The molecule has 0 spiro atoms. The smallest absolute Gasteiger partial charge is 0.339 e. The van der Waals surface area contributed by atoms with E-state index in [9.17, 15) is 19.2 Å². The Hall–Kier alpha value is -5.33. The molecule has 0 radical (unpaired) electrons. The number of nitrogens with two attached hydrogens (primary N) is 1. The summed E-state index contributed by atoms with van der Waals surface area (Å²) >= 11 is 0. The quantitative estimate of drug-likeness (QED) is 0.140. The van der Waals surface area contributed by atoms with Gasteiger partial charge in [0.1, 0.15) is 30.0 Å². The molecule has 2 N–H and O–H groups in total. The molecule has 11 nitrogen and oxygen atoms in total. The van der Waals surface area contributed by atoms with Gasteiger partial charge in [-0.05, 0) is 66.2 Å². The molecule has 1 unspecified atom stereocenters. The van der Waals surface area contributed by atoms with Gasteiger partial charge in [-0.2, -0.15) is 0 Å². The number of aromatic nitrogens is 4. The number of fused-ring (bicyclic) bond motifs is 1. The van der Waals surface area contributed by atoms with Crippen LogP contribution in [0.3, 0.4) is 0 Å². The number of quaternary nitrogens is 1. The molecule has 6 rings (SSSR count). The first-order valence-corrected chi connectivity index (χ1v) is 14.4. The van der Waals surface area contributed by atoms with Gasteiger partial charge in [0.25, 0.3) is 5.91 Å². The van der Waals surface area contributed by atoms with Crippen LogP contribution >= 0.6 is 0 Å². The molecule has 3 aromatic carbocycles. The number of carbonyl (C=O) groups excluding carboxylic acids is 1. The Balaban J connectivity index is 1.28. The molecule has 0 bridgehead atoms. The van der Waals surface area contributed by atoms with Crippen LogP contribution in [0, 0.1) is 11.0 Å². The number of carbonyl (C=O) groups is 1. The number of anilines is 2. The lowest BCUT2D eigenvalue weighted by molar-refractivity contribution is -0.865. The van der Waals surface area contributed by atoms with Crippen molar-refractivity contribution in [2.45, 2.75) is 25.5 Å². The van der Waals surface area contributed by atoms with Gasteiger partial charge in [-0.25, -0.2) is 23.7 Å². The predicted molar refractivity (Wildman–Crippen MR) is 170 cm³/mol. The number of halogens is 1. The molecule has 2 aromatic heterocycles. The molecular weight excluding hydrogens is 577 g/mol. The van der Waals surface area contributed by atoms with Crippen LogP contribution in [0.2, 0.25) is 0 Å². The van der Waals surface area contributed by atoms with Crippen LogP contribution in [0.25, 0.3) is 22.5 Å². The maximum absolute atomic E-state index is 14.0. The van der Waals surface area contributed by atoms with Crippen molar-refractivity contribution in [1.82, 2.24) is 19.1 Å². The van der Waals surface area contributed by atoms with E-state index in [0.29, 0.717) is 33.9 Å². The van der Waals surface area contributed by atoms with E-state index in [2.05, 4.69) is 9.97 Å². The standard InChI is InChI=1S/C33H32FN7O4/c1-38(29(42)10-5-17-41(2,44)27-13-14-27)25-8-4-9-26(19-25)40-32-30(31(35)36-21-37-32)39(33(40)43)24-11-15-28(16-12-24)45-20-22-6-3-7-23(34)18-22/h3-12,15-16,18-19,21,27H,13-14,17,20H2,1-2H3,(H2,35,36,37). The number of nitrogen functional groups attached to an aromatic ring is 1. The Morgan fingerprint density at radius 2 is 1.84 bits per heavy atom. The number of amides is 1. The summed E-state index contributed by atoms with van der Waals surface area (Å²) in [4.78, 5) is 36.9. The predicted octanol–water partition coefficient (Wildman–Crippen LogP) is 4.50. The van der Waals surface area contributed by atoms with Crippen LogP contribution in [-0.4, -0.2) is 56.3 Å². The average Bonchev–Trinajstić information content (AvgIpc) is 3.85. The fourth-order valence-electron chi connectivity index (χ4n) is 5.22. The van der Waals surface area contributed by atoms with Gasteiger partial charge in [-0.15, -0.1) is 0 Å². The second-order valence-corrected chi connectivity index (χ2v) is 11.2. The minimum absolute atomic E-state index is 0.107. The largest absolute Gasteiger partial charge is 0.633 e. The van der Waals surface area contributed by atoms with Crippen LogP contribution in [0.15, 0.2) is 96.1 Å². The molecule has 1 saturated carbocycles. The maximum Gasteiger partial charge on any atom is 0.339 e. The Bertz CT molecular complexity index is 1960. The zero-order chi connectivity index (χ0) is 31.7. The first kappa shape index (κ1) is 29.7. The second kappa shape index (κ2) is 12.0. The third kappa shape index (κ3) is 6.19. The van der Waals surface area contributed by atoms with Gasteiger partial charge in [-0.3, -0.25) is 9.36 Å². The summed E-state index contributed by atoms with van der Waals surface area (Å²) in [6, 6.07) is 20.0. The summed E-state index contributed by atoms with van der Waals surface area (Å²) in [5.74, 6) is 0.00816. The lowest BCUT2D eigenvalue weighted by Gasteiger charge is -2.38. The first-order valence-electron chi connectivity index (χ1n) is 14.4. The fourth-order valence-corrected chi connectivity index (χ4v) is 5.22. The molecule has 5 aromatic rings. The lowest BCUT2D eigenvalue weighted by atomic mass is 10.2. The molecule has 1 atom stereocenters. The van der Waals surface area contributed by atoms with Crippen molar-refractivity contribution >= 4 is 28.6 Å². The van der Waals surface area contributed by atoms with Crippen molar-refractivity contribution in [2.75, 3.05) is 31.3 Å². The number of benzene rings is 3. The van der Waals surface area contributed by atoms with E-state index < -0.39 is 5.69 Å². The van der Waals surface area contributed by atoms with Crippen LogP contribution in [0.5, 0.6) is 5.75 Å². The summed E-state index contributed by atoms with van der Waals surface area (Å²) in [5.41, 5.74) is 8.64. The van der Waals surface area contributed by atoms with Gasteiger partial charge < -0.3 is 25.2 Å². The molecule has 12 heteroatoms. The Morgan fingerprint density at radius 1 is 1.09 bits per heavy atom. The van der Waals surface area contributed by atoms with E-state index >= 15 is 0 Å². The van der Waals surface area contributed by atoms with Crippen molar-refractivity contribution in [3.05, 3.63) is 118 Å². The number of likely N-dealkylation sites (N-methyl/N-ethyl adjacent to an activating group) is 2. The highest BCUT2D eigenvalue weighted by atomic mass is 19.1. The summed E-state index contributed by atoms with van der Waals surface area (Å²) in [5, 5.41) is 12.6. The van der Waals surface area contributed by atoms with Gasteiger partial charge in [0, 0.05) is 31.7 Å². The molecule has 1 aliphatic rings. The van der Waals surface area contributed by atoms with Crippen LogP contribution in [-0.2, 0) is 11.4 Å². The molecule has 230 valence electrons. The Labute approximate surface area is 258 Å². The van der Waals surface area contributed by atoms with Crippen LogP contribution in [0.1, 0.15) is 18.4 Å². The molecule has 2 heterocycles. The summed E-state index contributed by atoms with van der Waals surface area (Å²) < 4.78 is 21.8. The molecule has 1 fully saturated rings. The van der Waals surface area contributed by atoms with Crippen LogP contribution in [0.4, 0.5) is 15.9 Å². The molecule has 1 amide bonds. The molecule has 0 saturated heterocycles. The minimum atomic E-state index is -0.441. The zero-order valence-corrected chi connectivity index (χ0v) is 24.8. The highest BCUT2D eigenvalue weighted by Crippen LogP contribution is 2.31. The second-order valence-electron chi connectivity index (χ2n) is 11.2. The van der Waals surface area contributed by atoms with Crippen molar-refractivity contribution in [3.63, 3.8) is 0 Å². The number of imidazole rings is 1. The SMILES string of the molecule is CN(C(=O)C=CC[N+](C)([O-])C1CC1)c1cccc(-n2c(=O)n(-c3ccc(OCc4cccc(F)c4)cc3)c3c(N)ncnc32)c1. The van der Waals surface area contributed by atoms with Crippen molar-refractivity contribution in [3.8, 4) is 17.1 Å². The molecular formula is C33H32FN7O4. The average molecular weight is 610 g/mol. The molecule has 1 aliphatic carbocycles. The van der Waals surface area contributed by atoms with Gasteiger partial charge in [0.15, 0.2) is 11.5 Å². The number of hydrogen-bond acceptors (Lipinski definition) is 7. The number of ether oxygens (including phenoxy) is 1. The Morgan fingerprint density at radius 3 is 2.58 bits per heavy atom. The summed E-state index contributed by atoms with van der Waals surface area (Å²) in [6.45, 7) is 0.401. The summed E-state index contributed by atoms with van der Waals surface area (Å²) in [6.07, 6.45) is 6.14. The van der Waals surface area contributed by atoms with Gasteiger partial charge >= 0.3 is 5.69 Å². The molecule has 45 heavy (non-hydrogen) atoms. The van der Waals surface area contributed by atoms with E-state index in [1.807, 2.05) is 0 Å². The van der Waals surface area contributed by atoms with Gasteiger partial charge in [0.05, 0.1) is 31.0 Å². The van der Waals surface area contributed by atoms with Crippen molar-refractivity contribution in [2.24, 2.45) is 0 Å². The number of hydrogen-bond donors (Lipinski definition) is 1. The van der Waals surface area contributed by atoms with E-state index in [1.165, 1.54) is 38.6 Å². The molecule has 0 aliphatic heterocycles. The first-order chi connectivity index (χ1) is 21.6. The van der Waals surface area contributed by atoms with E-state index in [0.717, 1.165) is 12.8 Å². The fraction of sp³-hybridized carbons (Fsp3) is 0.212. The van der Waals surface area contributed by atoms with E-state index in [1.54, 1.807) is 80.8 Å². The third-order valence-electron chi connectivity index (χ3n) is 7.89. The summed E-state index contributed by atoms with van der Waals surface area (Å²) in [7, 11) is 3.25. The topological polar surface area (TPSA) is 131 Å². The highest BCUT2D eigenvalue weighted by Gasteiger charge is 2.34.